The Hall–Kier alpha value is -2.15. The molecular formula is C17H20BrN3O3. The smallest absolute Gasteiger partial charge is 0.356 e. The van der Waals surface area contributed by atoms with Gasteiger partial charge in [0.2, 0.25) is 5.91 Å². The molecule has 1 amide bonds. The van der Waals surface area contributed by atoms with E-state index in [0.717, 1.165) is 9.86 Å². The number of benzene rings is 1. The minimum Gasteiger partial charge on any atom is -0.464 e. The molecule has 1 aromatic carbocycles. The Balaban J connectivity index is 2.58. The van der Waals surface area contributed by atoms with Gasteiger partial charge in [0.05, 0.1) is 12.6 Å². The van der Waals surface area contributed by atoms with Crippen LogP contribution in [0.4, 0.5) is 5.69 Å². The number of nitrogens with zero attached hydrogens (tertiary/aromatic N) is 1. The first-order valence-corrected chi connectivity index (χ1v) is 8.33. The minimum atomic E-state index is -0.524. The Kier molecular flexibility index (Phi) is 5.77. The van der Waals surface area contributed by atoms with Crippen LogP contribution in [0.2, 0.25) is 0 Å². The van der Waals surface area contributed by atoms with Gasteiger partial charge in [-0.05, 0) is 30.2 Å². The molecule has 2 rings (SSSR count). The van der Waals surface area contributed by atoms with E-state index in [4.69, 9.17) is 4.74 Å². The van der Waals surface area contributed by atoms with Crippen LogP contribution < -0.4 is 10.6 Å². The summed E-state index contributed by atoms with van der Waals surface area (Å²) in [5.41, 5.74) is 1.49. The number of methoxy groups -OCH3 is 1. The molecule has 0 aliphatic heterocycles. The Morgan fingerprint density at radius 3 is 2.54 bits per heavy atom. The van der Waals surface area contributed by atoms with Crippen LogP contribution in [-0.4, -0.2) is 37.1 Å². The quantitative estimate of drug-likeness (QED) is 0.763. The number of esters is 1. The maximum absolute atomic E-state index is 12.1. The maximum atomic E-state index is 12.1. The van der Waals surface area contributed by atoms with Gasteiger partial charge in [0.1, 0.15) is 6.04 Å². The second-order valence-corrected chi connectivity index (χ2v) is 6.60. The molecule has 0 spiro atoms. The van der Waals surface area contributed by atoms with E-state index >= 15 is 0 Å². The summed E-state index contributed by atoms with van der Waals surface area (Å²) >= 11 is 3.44. The van der Waals surface area contributed by atoms with Crippen LogP contribution in [0.25, 0.3) is 10.9 Å². The third-order valence-electron chi connectivity index (χ3n) is 3.67. The van der Waals surface area contributed by atoms with Crippen LogP contribution in [0.3, 0.4) is 0 Å². The van der Waals surface area contributed by atoms with Crippen molar-refractivity contribution in [2.45, 2.75) is 19.9 Å². The molecule has 0 fully saturated rings. The molecule has 0 radical (unpaired) electrons. The van der Waals surface area contributed by atoms with Crippen molar-refractivity contribution in [2.75, 3.05) is 19.5 Å². The molecule has 2 N–H and O–H groups in total. The Morgan fingerprint density at radius 2 is 1.96 bits per heavy atom. The van der Waals surface area contributed by atoms with Crippen LogP contribution in [0, 0.1) is 5.92 Å². The standard InChI is InChI=1S/C17H20BrN3O3/c1-9(2)15(16(22)19-3)21-13-8-14(17(23)24-4)20-12-6-5-10(18)7-11(12)13/h5-9,15H,1-4H3,(H,19,22)(H,20,21). The lowest BCUT2D eigenvalue weighted by molar-refractivity contribution is -0.122. The fourth-order valence-electron chi connectivity index (χ4n) is 2.38. The molecule has 7 heteroatoms. The minimum absolute atomic E-state index is 0.0573. The topological polar surface area (TPSA) is 80.3 Å². The summed E-state index contributed by atoms with van der Waals surface area (Å²) in [6, 6.07) is 6.72. The van der Waals surface area contributed by atoms with Gasteiger partial charge < -0.3 is 15.4 Å². The zero-order chi connectivity index (χ0) is 17.9. The number of likely N-dealkylation sites (N-methyl/N-ethyl adjacent to an activating group) is 1. The van der Waals surface area contributed by atoms with Crippen molar-refractivity contribution < 1.29 is 14.3 Å². The molecule has 0 saturated heterocycles. The number of nitrogens with one attached hydrogen (secondary N) is 2. The largest absolute Gasteiger partial charge is 0.464 e. The van der Waals surface area contributed by atoms with E-state index < -0.39 is 12.0 Å². The van der Waals surface area contributed by atoms with Crippen LogP contribution in [0.5, 0.6) is 0 Å². The lowest BCUT2D eigenvalue weighted by Gasteiger charge is -2.23. The van der Waals surface area contributed by atoms with Crippen LogP contribution in [0.1, 0.15) is 24.3 Å². The van der Waals surface area contributed by atoms with E-state index in [1.807, 2.05) is 26.0 Å². The lowest BCUT2D eigenvalue weighted by Crippen LogP contribution is -2.41. The van der Waals surface area contributed by atoms with Gasteiger partial charge in [-0.3, -0.25) is 4.79 Å². The van der Waals surface area contributed by atoms with Gasteiger partial charge in [-0.2, -0.15) is 0 Å². The molecule has 2 aromatic rings. The van der Waals surface area contributed by atoms with Gasteiger partial charge in [0.15, 0.2) is 5.69 Å². The normalized spacial score (nSPS) is 12.1. The SMILES string of the molecule is CNC(=O)C(Nc1cc(C(=O)OC)nc2ccc(Br)cc12)C(C)C. The monoisotopic (exact) mass is 393 g/mol. The fourth-order valence-corrected chi connectivity index (χ4v) is 2.75. The zero-order valence-electron chi connectivity index (χ0n) is 14.0. The summed E-state index contributed by atoms with van der Waals surface area (Å²) in [4.78, 5) is 28.4. The summed E-state index contributed by atoms with van der Waals surface area (Å²) in [6.07, 6.45) is 0. The molecule has 1 heterocycles. The number of hydrogen-bond donors (Lipinski definition) is 2. The number of fused-ring (bicyclic) bond motifs is 1. The number of halogens is 1. The van der Waals surface area contributed by atoms with Crippen molar-refractivity contribution in [2.24, 2.45) is 5.92 Å². The Labute approximate surface area is 149 Å². The second-order valence-electron chi connectivity index (χ2n) is 5.69. The zero-order valence-corrected chi connectivity index (χ0v) is 15.6. The van der Waals surface area contributed by atoms with Crippen LogP contribution >= 0.6 is 15.9 Å². The van der Waals surface area contributed by atoms with E-state index in [2.05, 4.69) is 31.5 Å². The second kappa shape index (κ2) is 7.61. The molecule has 0 aliphatic carbocycles. The third kappa shape index (κ3) is 3.84. The predicted octanol–water partition coefficient (Wildman–Crippen LogP) is 2.97. The molecule has 0 saturated carbocycles. The van der Waals surface area contributed by atoms with Gasteiger partial charge in [-0.1, -0.05) is 29.8 Å². The summed E-state index contributed by atoms with van der Waals surface area (Å²) in [6.45, 7) is 3.90. The molecule has 6 nitrogen and oxygen atoms in total. The highest BCUT2D eigenvalue weighted by atomic mass is 79.9. The molecule has 24 heavy (non-hydrogen) atoms. The number of aromatic nitrogens is 1. The maximum Gasteiger partial charge on any atom is 0.356 e. The van der Waals surface area contributed by atoms with Gasteiger partial charge in [0, 0.05) is 22.6 Å². The fraction of sp³-hybridized carbons (Fsp3) is 0.353. The highest BCUT2D eigenvalue weighted by molar-refractivity contribution is 9.10. The van der Waals surface area contributed by atoms with Gasteiger partial charge in [0.25, 0.3) is 0 Å². The molecule has 1 aromatic heterocycles. The van der Waals surface area contributed by atoms with Gasteiger partial charge >= 0.3 is 5.97 Å². The summed E-state index contributed by atoms with van der Waals surface area (Å²) in [5.74, 6) is -0.588. The van der Waals surface area contributed by atoms with E-state index in [0.29, 0.717) is 11.2 Å². The molecule has 1 unspecified atom stereocenters. The molecule has 128 valence electrons. The van der Waals surface area contributed by atoms with Crippen molar-refractivity contribution in [3.63, 3.8) is 0 Å². The highest BCUT2D eigenvalue weighted by Crippen LogP contribution is 2.28. The molecule has 0 bridgehead atoms. The number of anilines is 1. The van der Waals surface area contributed by atoms with Gasteiger partial charge in [-0.15, -0.1) is 0 Å². The first-order valence-electron chi connectivity index (χ1n) is 7.54. The number of hydrogen-bond acceptors (Lipinski definition) is 5. The highest BCUT2D eigenvalue weighted by Gasteiger charge is 2.23. The lowest BCUT2D eigenvalue weighted by atomic mass is 10.0. The summed E-state index contributed by atoms with van der Waals surface area (Å²) < 4.78 is 5.65. The predicted molar refractivity (Wildman–Crippen MR) is 97.1 cm³/mol. The van der Waals surface area contributed by atoms with Crippen LogP contribution in [0.15, 0.2) is 28.7 Å². The van der Waals surface area contributed by atoms with Crippen LogP contribution in [-0.2, 0) is 9.53 Å². The van der Waals surface area contributed by atoms with Gasteiger partial charge in [-0.25, -0.2) is 9.78 Å². The number of carbonyl (C=O) groups excluding carboxylic acids is 2. The molecular weight excluding hydrogens is 374 g/mol. The Bertz CT molecular complexity index is 777. The molecule has 1 atom stereocenters. The average Bonchev–Trinajstić information content (AvgIpc) is 2.57. The van der Waals surface area contributed by atoms with E-state index in [9.17, 15) is 9.59 Å². The number of carbonyl (C=O) groups is 2. The first kappa shape index (κ1) is 18.2. The number of ether oxygens (including phenoxy) is 1. The Morgan fingerprint density at radius 1 is 1.25 bits per heavy atom. The third-order valence-corrected chi connectivity index (χ3v) is 4.17. The average molecular weight is 394 g/mol. The number of amides is 1. The van der Waals surface area contributed by atoms with Crippen molar-refractivity contribution in [3.8, 4) is 0 Å². The van der Waals surface area contributed by atoms with E-state index in [1.165, 1.54) is 7.11 Å². The summed E-state index contributed by atoms with van der Waals surface area (Å²) in [7, 11) is 2.91. The number of rotatable bonds is 5. The summed E-state index contributed by atoms with van der Waals surface area (Å²) in [5, 5.41) is 6.71. The van der Waals surface area contributed by atoms with Crippen molar-refractivity contribution in [3.05, 3.63) is 34.4 Å². The molecule has 0 aliphatic rings. The van der Waals surface area contributed by atoms with Crippen molar-refractivity contribution in [1.29, 1.82) is 0 Å². The van der Waals surface area contributed by atoms with E-state index in [-0.39, 0.29) is 17.5 Å². The van der Waals surface area contributed by atoms with E-state index in [1.54, 1.807) is 19.2 Å². The first-order chi connectivity index (χ1) is 11.4. The van der Waals surface area contributed by atoms with Crippen molar-refractivity contribution >= 4 is 44.4 Å². The number of pyridine rings is 1. The van der Waals surface area contributed by atoms with Crippen molar-refractivity contribution in [1.82, 2.24) is 10.3 Å².